The lowest BCUT2D eigenvalue weighted by atomic mass is 9.99. The molecule has 1 aliphatic rings. The smallest absolute Gasteiger partial charge is 0.0542 e. The highest BCUT2D eigenvalue weighted by Crippen LogP contribution is 2.30. The summed E-state index contributed by atoms with van der Waals surface area (Å²) in [5.74, 6) is 1.07. The minimum absolute atomic E-state index is 0.738. The number of nitrogens with zero attached hydrogens (tertiary/aromatic N) is 1. The quantitative estimate of drug-likeness (QED) is 0.729. The highest BCUT2D eigenvalue weighted by molar-refractivity contribution is 7.99. The lowest BCUT2D eigenvalue weighted by molar-refractivity contribution is 0.149. The second-order valence-corrected chi connectivity index (χ2v) is 7.48. The standard InChI is InChI=1S/C16H24Cl2N2S/c1-19-8-7-14-4-2-3-9-20(14)10-11-21-16-12-13(17)5-6-15(16)18/h5-6,12,14,19H,2-4,7-11H2,1H3. The molecule has 1 aromatic rings. The molecule has 5 heteroatoms. The van der Waals surface area contributed by atoms with Crippen molar-refractivity contribution in [3.05, 3.63) is 28.2 Å². The third kappa shape index (κ3) is 5.65. The van der Waals surface area contributed by atoms with Crippen LogP contribution in [0.5, 0.6) is 0 Å². The SMILES string of the molecule is CNCCC1CCCCN1CCSc1cc(Cl)ccc1Cl. The molecule has 1 saturated heterocycles. The van der Waals surface area contributed by atoms with E-state index in [0.717, 1.165) is 39.8 Å². The Kier molecular flexibility index (Phi) is 7.69. The number of thioether (sulfide) groups is 1. The van der Waals surface area contributed by atoms with Crippen LogP contribution >= 0.6 is 35.0 Å². The number of hydrogen-bond donors (Lipinski definition) is 1. The highest BCUT2D eigenvalue weighted by atomic mass is 35.5. The van der Waals surface area contributed by atoms with Crippen LogP contribution in [0.15, 0.2) is 23.1 Å². The fourth-order valence-electron chi connectivity index (χ4n) is 2.85. The molecular weight excluding hydrogens is 323 g/mol. The third-order valence-corrected chi connectivity index (χ3v) is 5.72. The second kappa shape index (κ2) is 9.26. The summed E-state index contributed by atoms with van der Waals surface area (Å²) in [6, 6.07) is 6.42. The van der Waals surface area contributed by atoms with Gasteiger partial charge in [0.2, 0.25) is 0 Å². The van der Waals surface area contributed by atoms with Gasteiger partial charge in [-0.05, 0) is 57.6 Å². The van der Waals surface area contributed by atoms with E-state index < -0.39 is 0 Å². The largest absolute Gasteiger partial charge is 0.320 e. The maximum Gasteiger partial charge on any atom is 0.0542 e. The Morgan fingerprint density at radius 2 is 2.19 bits per heavy atom. The molecule has 1 atom stereocenters. The minimum atomic E-state index is 0.738. The van der Waals surface area contributed by atoms with Crippen molar-refractivity contribution in [1.82, 2.24) is 10.2 Å². The molecule has 2 rings (SSSR count). The van der Waals surface area contributed by atoms with Crippen molar-refractivity contribution in [3.63, 3.8) is 0 Å². The van der Waals surface area contributed by atoms with E-state index in [2.05, 4.69) is 10.2 Å². The van der Waals surface area contributed by atoms with E-state index in [-0.39, 0.29) is 0 Å². The van der Waals surface area contributed by atoms with Crippen LogP contribution in [0, 0.1) is 0 Å². The van der Waals surface area contributed by atoms with Crippen LogP contribution in [0.3, 0.4) is 0 Å². The van der Waals surface area contributed by atoms with Crippen LogP contribution in [0.4, 0.5) is 0 Å². The Balaban J connectivity index is 1.81. The molecule has 0 amide bonds. The van der Waals surface area contributed by atoms with Gasteiger partial charge in [-0.3, -0.25) is 4.90 Å². The molecule has 0 aromatic heterocycles. The fraction of sp³-hybridized carbons (Fsp3) is 0.625. The molecule has 1 unspecified atom stereocenters. The van der Waals surface area contributed by atoms with E-state index in [4.69, 9.17) is 23.2 Å². The Hall–Kier alpha value is 0.0700. The van der Waals surface area contributed by atoms with Gasteiger partial charge in [0.1, 0.15) is 0 Å². The molecular formula is C16H24Cl2N2S. The molecule has 0 bridgehead atoms. The summed E-state index contributed by atoms with van der Waals surface area (Å²) in [6.45, 7) is 3.47. The second-order valence-electron chi connectivity index (χ2n) is 5.50. The summed E-state index contributed by atoms with van der Waals surface area (Å²) < 4.78 is 0. The van der Waals surface area contributed by atoms with Crippen molar-refractivity contribution in [2.45, 2.75) is 36.6 Å². The van der Waals surface area contributed by atoms with Crippen LogP contribution in [0.2, 0.25) is 10.0 Å². The first-order valence-electron chi connectivity index (χ1n) is 7.67. The molecule has 0 spiro atoms. The zero-order valence-corrected chi connectivity index (χ0v) is 14.9. The van der Waals surface area contributed by atoms with Crippen molar-refractivity contribution >= 4 is 35.0 Å². The van der Waals surface area contributed by atoms with Crippen LogP contribution in [-0.4, -0.2) is 43.4 Å². The van der Waals surface area contributed by atoms with E-state index in [0.29, 0.717) is 0 Å². The molecule has 2 nitrogen and oxygen atoms in total. The number of benzene rings is 1. The number of nitrogens with one attached hydrogen (secondary N) is 1. The van der Waals surface area contributed by atoms with E-state index in [9.17, 15) is 0 Å². The lowest BCUT2D eigenvalue weighted by Gasteiger charge is -2.35. The maximum atomic E-state index is 6.21. The van der Waals surface area contributed by atoms with Gasteiger partial charge in [0, 0.05) is 28.3 Å². The molecule has 1 aromatic carbocycles. The Labute approximate surface area is 142 Å². The van der Waals surface area contributed by atoms with E-state index in [1.165, 1.54) is 32.2 Å². The predicted octanol–water partition coefficient (Wildman–Crippen LogP) is 4.55. The zero-order chi connectivity index (χ0) is 15.1. The maximum absolute atomic E-state index is 6.21. The van der Waals surface area contributed by atoms with Gasteiger partial charge in [-0.25, -0.2) is 0 Å². The van der Waals surface area contributed by atoms with Crippen molar-refractivity contribution in [3.8, 4) is 0 Å². The highest BCUT2D eigenvalue weighted by Gasteiger charge is 2.21. The molecule has 1 N–H and O–H groups in total. The summed E-state index contributed by atoms with van der Waals surface area (Å²) in [4.78, 5) is 3.74. The molecule has 21 heavy (non-hydrogen) atoms. The van der Waals surface area contributed by atoms with Crippen molar-refractivity contribution < 1.29 is 0 Å². The van der Waals surface area contributed by atoms with E-state index in [1.54, 1.807) is 0 Å². The van der Waals surface area contributed by atoms with Crippen LogP contribution < -0.4 is 5.32 Å². The molecule has 0 radical (unpaired) electrons. The number of likely N-dealkylation sites (tertiary alicyclic amines) is 1. The van der Waals surface area contributed by atoms with Crippen molar-refractivity contribution in [2.24, 2.45) is 0 Å². The average molecular weight is 347 g/mol. The summed E-state index contributed by atoms with van der Waals surface area (Å²) in [6.07, 6.45) is 5.29. The summed E-state index contributed by atoms with van der Waals surface area (Å²) >= 11 is 14.1. The number of hydrogen-bond acceptors (Lipinski definition) is 3. The summed E-state index contributed by atoms with van der Waals surface area (Å²) in [7, 11) is 2.03. The van der Waals surface area contributed by atoms with Gasteiger partial charge >= 0.3 is 0 Å². The third-order valence-electron chi connectivity index (χ3n) is 4.01. The van der Waals surface area contributed by atoms with Crippen LogP contribution in [-0.2, 0) is 0 Å². The Morgan fingerprint density at radius 1 is 1.33 bits per heavy atom. The molecule has 1 fully saturated rings. The van der Waals surface area contributed by atoms with Crippen molar-refractivity contribution in [2.75, 3.05) is 32.4 Å². The van der Waals surface area contributed by atoms with Gasteiger partial charge in [-0.15, -0.1) is 11.8 Å². The topological polar surface area (TPSA) is 15.3 Å². The van der Waals surface area contributed by atoms with Gasteiger partial charge in [-0.2, -0.15) is 0 Å². The molecule has 0 aliphatic carbocycles. The zero-order valence-electron chi connectivity index (χ0n) is 12.6. The van der Waals surface area contributed by atoms with E-state index >= 15 is 0 Å². The average Bonchev–Trinajstić information content (AvgIpc) is 2.50. The molecule has 0 saturated carbocycles. The monoisotopic (exact) mass is 346 g/mol. The first kappa shape index (κ1) is 17.4. The van der Waals surface area contributed by atoms with Gasteiger partial charge in [-0.1, -0.05) is 29.6 Å². The number of halogens is 2. The van der Waals surface area contributed by atoms with Gasteiger partial charge < -0.3 is 5.32 Å². The van der Waals surface area contributed by atoms with Crippen LogP contribution in [0.1, 0.15) is 25.7 Å². The van der Waals surface area contributed by atoms with Crippen molar-refractivity contribution in [1.29, 1.82) is 0 Å². The van der Waals surface area contributed by atoms with E-state index in [1.807, 2.05) is 37.0 Å². The Bertz CT molecular complexity index is 442. The van der Waals surface area contributed by atoms with Crippen LogP contribution in [0.25, 0.3) is 0 Å². The number of rotatable bonds is 7. The van der Waals surface area contributed by atoms with Gasteiger partial charge in [0.15, 0.2) is 0 Å². The normalized spacial score (nSPS) is 19.9. The molecule has 118 valence electrons. The first-order valence-corrected chi connectivity index (χ1v) is 9.41. The number of piperidine rings is 1. The molecule has 1 heterocycles. The van der Waals surface area contributed by atoms with Gasteiger partial charge in [0.05, 0.1) is 5.02 Å². The van der Waals surface area contributed by atoms with Gasteiger partial charge in [0.25, 0.3) is 0 Å². The predicted molar refractivity (Wildman–Crippen MR) is 94.9 cm³/mol. The molecule has 1 aliphatic heterocycles. The summed E-state index contributed by atoms with van der Waals surface area (Å²) in [5, 5.41) is 4.82. The Morgan fingerprint density at radius 3 is 3.00 bits per heavy atom. The fourth-order valence-corrected chi connectivity index (χ4v) is 4.33. The lowest BCUT2D eigenvalue weighted by Crippen LogP contribution is -2.42. The first-order chi connectivity index (χ1) is 10.2. The summed E-state index contributed by atoms with van der Waals surface area (Å²) in [5.41, 5.74) is 0. The minimum Gasteiger partial charge on any atom is -0.320 e.